The van der Waals surface area contributed by atoms with Crippen molar-refractivity contribution in [3.05, 3.63) is 75.0 Å². The number of amides is 1. The lowest BCUT2D eigenvalue weighted by Gasteiger charge is -2.44. The van der Waals surface area contributed by atoms with Crippen LogP contribution in [0.25, 0.3) is 5.70 Å². The Labute approximate surface area is 231 Å². The highest BCUT2D eigenvalue weighted by Gasteiger charge is 2.60. The summed E-state index contributed by atoms with van der Waals surface area (Å²) in [7, 11) is -4.80. The fraction of sp³-hybridized carbons (Fsp3) is 0.348. The molecule has 0 aliphatic carbocycles. The maximum atomic E-state index is 15.3. The van der Waals surface area contributed by atoms with E-state index in [0.29, 0.717) is 18.2 Å². The zero-order chi connectivity index (χ0) is 29.9. The van der Waals surface area contributed by atoms with Crippen molar-refractivity contribution in [1.82, 2.24) is 10.4 Å². The van der Waals surface area contributed by atoms with Crippen molar-refractivity contribution < 1.29 is 53.2 Å². The number of benzene rings is 2. The lowest BCUT2D eigenvalue weighted by molar-refractivity contribution is -0.269. The van der Waals surface area contributed by atoms with Gasteiger partial charge in [0.2, 0.25) is 11.5 Å². The van der Waals surface area contributed by atoms with Crippen LogP contribution in [-0.2, 0) is 30.7 Å². The van der Waals surface area contributed by atoms with Crippen LogP contribution in [0.5, 0.6) is 0 Å². The van der Waals surface area contributed by atoms with Crippen molar-refractivity contribution in [3.8, 4) is 0 Å². The number of carbonyl (C=O) groups is 1. The van der Waals surface area contributed by atoms with Gasteiger partial charge in [-0.2, -0.15) is 26.3 Å². The molecular formula is C23H16Cl2F8N2O4S. The topological polar surface area (TPSA) is 75.7 Å². The number of nitrogens with zero attached hydrogens (tertiary/aromatic N) is 1. The molecule has 2 heterocycles. The van der Waals surface area contributed by atoms with Crippen LogP contribution in [0.2, 0.25) is 10.0 Å². The molecule has 0 saturated carbocycles. The molecule has 6 nitrogen and oxygen atoms in total. The third-order valence-corrected chi connectivity index (χ3v) is 8.18. The highest BCUT2D eigenvalue weighted by atomic mass is 35.5. The fourth-order valence-corrected chi connectivity index (χ4v) is 5.85. The number of likely N-dealkylation sites (tertiary alicyclic amines) is 1. The van der Waals surface area contributed by atoms with Crippen molar-refractivity contribution in [1.29, 1.82) is 0 Å². The Hall–Kier alpha value is -2.62. The largest absolute Gasteiger partial charge is 0.428 e. The second kappa shape index (κ2) is 10.0. The van der Waals surface area contributed by atoms with Gasteiger partial charge < -0.3 is 4.90 Å². The van der Waals surface area contributed by atoms with Crippen LogP contribution in [0.3, 0.4) is 0 Å². The molecule has 1 unspecified atom stereocenters. The summed E-state index contributed by atoms with van der Waals surface area (Å²) in [6.07, 6.45) is -9.43. The average molecular weight is 639 g/mol. The minimum absolute atomic E-state index is 0.0165. The first-order chi connectivity index (χ1) is 18.3. The van der Waals surface area contributed by atoms with Crippen molar-refractivity contribution in [3.63, 3.8) is 0 Å². The van der Waals surface area contributed by atoms with E-state index < -0.39 is 85.4 Å². The third kappa shape index (κ3) is 5.87. The number of alkyl halides is 7. The molecule has 17 heteroatoms. The minimum atomic E-state index is -5.06. The second-order valence-electron chi connectivity index (χ2n) is 9.19. The van der Waals surface area contributed by atoms with E-state index in [1.807, 2.05) is 0 Å². The Bertz CT molecular complexity index is 1450. The van der Waals surface area contributed by atoms with Crippen LogP contribution < -0.4 is 5.48 Å². The molecule has 2 aliphatic heterocycles. The van der Waals surface area contributed by atoms with E-state index >= 15 is 4.39 Å². The fourth-order valence-electron chi connectivity index (χ4n) is 4.20. The summed E-state index contributed by atoms with van der Waals surface area (Å²) >= 11 is 11.3. The van der Waals surface area contributed by atoms with Crippen LogP contribution in [0.4, 0.5) is 35.1 Å². The molecule has 0 radical (unpaired) electrons. The highest BCUT2D eigenvalue weighted by Crippen LogP contribution is 2.49. The minimum Gasteiger partial charge on any atom is -0.335 e. The van der Waals surface area contributed by atoms with E-state index in [4.69, 9.17) is 28.0 Å². The van der Waals surface area contributed by atoms with E-state index in [2.05, 4.69) is 5.48 Å². The maximum Gasteiger partial charge on any atom is 0.428 e. The number of hydrogen-bond donors (Lipinski definition) is 1. The lowest BCUT2D eigenvalue weighted by Crippen LogP contribution is -2.60. The van der Waals surface area contributed by atoms with Gasteiger partial charge in [0.05, 0.1) is 28.8 Å². The molecule has 1 saturated heterocycles. The first kappa shape index (κ1) is 30.3. The quantitative estimate of drug-likeness (QED) is 0.337. The standard InChI is InChI=1S/C23H16Cl2F8N2O4S/c24-15-5-14(6-16(25)19(15)26)21(23(31,32)33)7-17(34-39-21)12-1-3-13(4-2-12)20(27)9-35(10-20)18(36)8-40(37,38)11-22(28,29)30/h1-7,34H,8-11H2. The van der Waals surface area contributed by atoms with Gasteiger partial charge in [-0.1, -0.05) is 47.5 Å². The van der Waals surface area contributed by atoms with Crippen LogP contribution in [0.1, 0.15) is 16.7 Å². The Balaban J connectivity index is 1.51. The second-order valence-corrected chi connectivity index (χ2v) is 12.1. The molecule has 40 heavy (non-hydrogen) atoms. The van der Waals surface area contributed by atoms with Crippen molar-refractivity contribution in [2.24, 2.45) is 0 Å². The van der Waals surface area contributed by atoms with Crippen molar-refractivity contribution in [2.45, 2.75) is 23.6 Å². The van der Waals surface area contributed by atoms with Crippen molar-refractivity contribution in [2.75, 3.05) is 24.6 Å². The van der Waals surface area contributed by atoms with Crippen LogP contribution in [0, 0.1) is 5.82 Å². The van der Waals surface area contributed by atoms with Gasteiger partial charge in [-0.15, -0.1) is 0 Å². The summed E-state index contributed by atoms with van der Waals surface area (Å²) in [6.45, 7) is -1.28. The Morgan fingerprint density at radius 1 is 1.00 bits per heavy atom. The molecule has 1 atom stereocenters. The molecule has 1 fully saturated rings. The smallest absolute Gasteiger partial charge is 0.335 e. The third-order valence-electron chi connectivity index (χ3n) is 6.18. The monoisotopic (exact) mass is 638 g/mol. The first-order valence-electron chi connectivity index (χ1n) is 11.0. The van der Waals surface area contributed by atoms with E-state index in [-0.39, 0.29) is 16.8 Å². The molecule has 2 aliphatic rings. The summed E-state index contributed by atoms with van der Waals surface area (Å²) < 4.78 is 132. The Morgan fingerprint density at radius 2 is 1.55 bits per heavy atom. The summed E-state index contributed by atoms with van der Waals surface area (Å²) in [4.78, 5) is 17.7. The molecular weight excluding hydrogens is 623 g/mol. The van der Waals surface area contributed by atoms with E-state index in [1.54, 1.807) is 0 Å². The number of hydrogen-bond acceptors (Lipinski definition) is 5. The van der Waals surface area contributed by atoms with Gasteiger partial charge in [-0.25, -0.2) is 17.2 Å². The Kier molecular flexibility index (Phi) is 7.61. The maximum absolute atomic E-state index is 15.3. The molecule has 0 aromatic heterocycles. The molecule has 4 rings (SSSR count). The van der Waals surface area contributed by atoms with Crippen LogP contribution in [0.15, 0.2) is 42.5 Å². The normalized spacial score (nSPS) is 21.1. The van der Waals surface area contributed by atoms with E-state index in [9.17, 15) is 43.9 Å². The Morgan fingerprint density at radius 3 is 2.05 bits per heavy atom. The number of hydroxylamine groups is 1. The van der Waals surface area contributed by atoms with Gasteiger partial charge in [0.25, 0.3) is 0 Å². The van der Waals surface area contributed by atoms with Crippen molar-refractivity contribution >= 4 is 44.6 Å². The van der Waals surface area contributed by atoms with E-state index in [1.165, 1.54) is 24.3 Å². The molecule has 218 valence electrons. The number of halogens is 10. The first-order valence-corrected chi connectivity index (χ1v) is 13.6. The highest BCUT2D eigenvalue weighted by molar-refractivity contribution is 7.92. The zero-order valence-corrected chi connectivity index (χ0v) is 22.0. The zero-order valence-electron chi connectivity index (χ0n) is 19.6. The summed E-state index contributed by atoms with van der Waals surface area (Å²) in [5.41, 5.74) is -3.84. The molecule has 2 aromatic carbocycles. The van der Waals surface area contributed by atoms with Gasteiger partial charge in [-0.3, -0.25) is 15.1 Å². The van der Waals surface area contributed by atoms with Crippen LogP contribution >= 0.6 is 23.2 Å². The lowest BCUT2D eigenvalue weighted by atomic mass is 9.87. The number of sulfone groups is 1. The number of nitrogens with one attached hydrogen (secondary N) is 1. The average Bonchev–Trinajstić information content (AvgIpc) is 3.25. The molecule has 1 N–H and O–H groups in total. The number of rotatable bonds is 6. The van der Waals surface area contributed by atoms with Gasteiger partial charge in [0.1, 0.15) is 11.5 Å². The van der Waals surface area contributed by atoms with Gasteiger partial charge in [0, 0.05) is 5.56 Å². The van der Waals surface area contributed by atoms with Gasteiger partial charge in [-0.05, 0) is 29.3 Å². The summed E-state index contributed by atoms with van der Waals surface area (Å²) in [6, 6.07) is 6.33. The summed E-state index contributed by atoms with van der Waals surface area (Å²) in [5.74, 6) is -5.94. The SMILES string of the molecule is O=C(CS(=O)(=O)CC(F)(F)F)N1CC(F)(c2ccc(C3=CC(c4cc(Cl)c(F)c(Cl)c4)(C(F)(F)F)ON3)cc2)C1. The van der Waals surface area contributed by atoms with Gasteiger partial charge in [0.15, 0.2) is 21.3 Å². The molecule has 1 amide bonds. The predicted octanol–water partition coefficient (Wildman–Crippen LogP) is 5.45. The van der Waals surface area contributed by atoms with Crippen LogP contribution in [-0.4, -0.2) is 56.2 Å². The number of carbonyl (C=O) groups excluding carboxylic acids is 1. The van der Waals surface area contributed by atoms with Gasteiger partial charge >= 0.3 is 12.4 Å². The molecule has 2 aromatic rings. The molecule has 0 spiro atoms. The molecule has 0 bridgehead atoms. The van der Waals surface area contributed by atoms with E-state index in [0.717, 1.165) is 4.90 Å². The predicted molar refractivity (Wildman–Crippen MR) is 127 cm³/mol. The summed E-state index contributed by atoms with van der Waals surface area (Å²) in [5, 5.41) is -1.33.